The third kappa shape index (κ3) is 3.92. The van der Waals surface area contributed by atoms with Crippen molar-refractivity contribution in [1.29, 1.82) is 0 Å². The van der Waals surface area contributed by atoms with Gasteiger partial charge in [0.2, 0.25) is 0 Å². The minimum atomic E-state index is -1.44. The van der Waals surface area contributed by atoms with E-state index >= 15 is 0 Å². The minimum Gasteiger partial charge on any atom is -0.507 e. The van der Waals surface area contributed by atoms with Crippen LogP contribution in [0, 0.1) is 16.0 Å². The van der Waals surface area contributed by atoms with Gasteiger partial charge in [-0.3, -0.25) is 19.7 Å². The van der Waals surface area contributed by atoms with E-state index in [1.807, 2.05) is 0 Å². The molecule has 8 nitrogen and oxygen atoms in total. The second-order valence-electron chi connectivity index (χ2n) is 6.46. The summed E-state index contributed by atoms with van der Waals surface area (Å²) in [4.78, 5) is 35.8. The Kier molecular flexibility index (Phi) is 5.56. The first-order valence-corrected chi connectivity index (χ1v) is 8.67. The van der Waals surface area contributed by atoms with Gasteiger partial charge in [-0.1, -0.05) is 36.4 Å². The highest BCUT2D eigenvalue weighted by Crippen LogP contribution is 2.31. The van der Waals surface area contributed by atoms with E-state index in [1.165, 1.54) is 36.4 Å². The van der Waals surface area contributed by atoms with E-state index in [-0.39, 0.29) is 17.0 Å². The number of carbonyl (C=O) groups excluding carboxylic acids is 2. The van der Waals surface area contributed by atoms with Crippen LogP contribution in [0.2, 0.25) is 0 Å². The maximum atomic E-state index is 13.2. The number of nitro benzene ring substituents is 1. The van der Waals surface area contributed by atoms with Gasteiger partial charge in [0.15, 0.2) is 5.78 Å². The number of phenols is 1. The molecule has 0 saturated carbocycles. The monoisotopic (exact) mass is 394 g/mol. The van der Waals surface area contributed by atoms with E-state index in [9.17, 15) is 24.8 Å². The van der Waals surface area contributed by atoms with Gasteiger partial charge < -0.3 is 15.6 Å². The number of non-ortho nitro benzene ring substituents is 1. The molecule has 3 N–H and O–H groups in total. The summed E-state index contributed by atoms with van der Waals surface area (Å²) >= 11 is 0. The highest BCUT2D eigenvalue weighted by atomic mass is 16.6. The molecule has 0 spiro atoms. The lowest BCUT2D eigenvalue weighted by Gasteiger charge is -2.21. The van der Waals surface area contributed by atoms with Crippen molar-refractivity contribution < 1.29 is 24.4 Å². The van der Waals surface area contributed by atoms with Crippen LogP contribution in [0.15, 0.2) is 60.7 Å². The Morgan fingerprint density at radius 2 is 1.66 bits per heavy atom. The molecule has 2 unspecified atom stereocenters. The lowest BCUT2D eigenvalue weighted by molar-refractivity contribution is -0.384. The maximum Gasteiger partial charge on any atom is 0.318 e. The van der Waals surface area contributed by atoms with Crippen molar-refractivity contribution in [1.82, 2.24) is 0 Å². The topological polar surface area (TPSA) is 133 Å². The summed E-state index contributed by atoms with van der Waals surface area (Å²) in [5.74, 6) is -3.29. The second-order valence-corrected chi connectivity index (χ2v) is 6.46. The normalized spacial score (nSPS) is 12.9. The summed E-state index contributed by atoms with van der Waals surface area (Å²) in [5.41, 5.74) is 6.31. The van der Waals surface area contributed by atoms with Crippen LogP contribution in [0.25, 0.3) is 10.8 Å². The number of aromatic hydroxyl groups is 1. The van der Waals surface area contributed by atoms with E-state index in [1.54, 1.807) is 24.3 Å². The molecule has 0 amide bonds. The predicted molar refractivity (Wildman–Crippen MR) is 105 cm³/mol. The first-order valence-electron chi connectivity index (χ1n) is 8.67. The average Bonchev–Trinajstić information content (AvgIpc) is 2.73. The molecule has 8 heteroatoms. The number of rotatable bonds is 6. The minimum absolute atomic E-state index is 0.0588. The molecule has 0 saturated heterocycles. The van der Waals surface area contributed by atoms with Crippen molar-refractivity contribution in [2.75, 3.05) is 7.11 Å². The molecule has 29 heavy (non-hydrogen) atoms. The number of hydrogen-bond donors (Lipinski definition) is 2. The molecule has 0 aliphatic heterocycles. The van der Waals surface area contributed by atoms with E-state index < -0.39 is 28.6 Å². The Morgan fingerprint density at radius 1 is 1.07 bits per heavy atom. The number of nitrogens with zero attached hydrogens (tertiary/aromatic N) is 1. The molecule has 0 aromatic heterocycles. The van der Waals surface area contributed by atoms with Crippen LogP contribution in [0.4, 0.5) is 5.69 Å². The fourth-order valence-electron chi connectivity index (χ4n) is 3.15. The largest absolute Gasteiger partial charge is 0.507 e. The molecule has 0 bridgehead atoms. The molecule has 0 aliphatic carbocycles. The fourth-order valence-corrected chi connectivity index (χ4v) is 3.15. The van der Waals surface area contributed by atoms with Crippen molar-refractivity contribution in [2.45, 2.75) is 6.04 Å². The molecule has 0 aliphatic rings. The van der Waals surface area contributed by atoms with Crippen LogP contribution in [0.5, 0.6) is 5.75 Å². The lowest BCUT2D eigenvalue weighted by Crippen LogP contribution is -2.35. The predicted octanol–water partition coefficient (Wildman–Crippen LogP) is 3.13. The summed E-state index contributed by atoms with van der Waals surface area (Å²) in [6.45, 7) is 0. The van der Waals surface area contributed by atoms with Gasteiger partial charge in [-0.15, -0.1) is 0 Å². The first-order chi connectivity index (χ1) is 13.8. The van der Waals surface area contributed by atoms with Crippen molar-refractivity contribution in [3.63, 3.8) is 0 Å². The molecule has 0 heterocycles. The highest BCUT2D eigenvalue weighted by Gasteiger charge is 2.36. The van der Waals surface area contributed by atoms with Crippen LogP contribution in [0.1, 0.15) is 22.0 Å². The van der Waals surface area contributed by atoms with Crippen molar-refractivity contribution >= 4 is 28.2 Å². The molecule has 0 radical (unpaired) electrons. The van der Waals surface area contributed by atoms with Crippen molar-refractivity contribution in [3.05, 3.63) is 81.9 Å². The molecule has 2 atom stereocenters. The number of phenolic OH excluding ortho intramolecular Hbond substituents is 1. The third-order valence-corrected chi connectivity index (χ3v) is 4.71. The Labute approximate surface area is 165 Å². The summed E-state index contributed by atoms with van der Waals surface area (Å²) in [6, 6.07) is 14.2. The zero-order valence-electron chi connectivity index (χ0n) is 15.4. The highest BCUT2D eigenvalue weighted by molar-refractivity contribution is 6.12. The lowest BCUT2D eigenvalue weighted by atomic mass is 9.86. The van der Waals surface area contributed by atoms with Gasteiger partial charge in [-0.25, -0.2) is 0 Å². The number of esters is 1. The molecule has 3 rings (SSSR count). The quantitative estimate of drug-likeness (QED) is 0.216. The van der Waals surface area contributed by atoms with E-state index in [0.717, 1.165) is 12.5 Å². The SMILES string of the molecule is COC(=O)C(C(=O)c1cc2ccccc2cc1O)C(N)c1ccc([N+](=O)[O-])cc1. The zero-order valence-corrected chi connectivity index (χ0v) is 15.4. The molecular weight excluding hydrogens is 376 g/mol. The van der Waals surface area contributed by atoms with E-state index in [0.29, 0.717) is 10.9 Å². The van der Waals surface area contributed by atoms with Crippen LogP contribution >= 0.6 is 0 Å². The molecular formula is C21H18N2O6. The van der Waals surface area contributed by atoms with Crippen LogP contribution in [-0.4, -0.2) is 28.9 Å². The van der Waals surface area contributed by atoms with Gasteiger partial charge in [-0.2, -0.15) is 0 Å². The molecule has 3 aromatic carbocycles. The fraction of sp³-hybridized carbons (Fsp3) is 0.143. The summed E-state index contributed by atoms with van der Waals surface area (Å²) in [7, 11) is 1.13. The average molecular weight is 394 g/mol. The van der Waals surface area contributed by atoms with Gasteiger partial charge >= 0.3 is 5.97 Å². The number of methoxy groups -OCH3 is 1. The zero-order chi connectivity index (χ0) is 21.1. The second kappa shape index (κ2) is 8.07. The van der Waals surface area contributed by atoms with Crippen LogP contribution < -0.4 is 5.73 Å². The number of fused-ring (bicyclic) bond motifs is 1. The number of Topliss-reactive ketones (excluding diaryl/α,β-unsaturated/α-hetero) is 1. The van der Waals surface area contributed by atoms with Gasteiger partial charge in [-0.05, 0) is 28.5 Å². The number of nitrogens with two attached hydrogens (primary N) is 1. The number of benzene rings is 3. The van der Waals surface area contributed by atoms with Crippen LogP contribution in [0.3, 0.4) is 0 Å². The maximum absolute atomic E-state index is 13.2. The van der Waals surface area contributed by atoms with Gasteiger partial charge in [0, 0.05) is 12.1 Å². The smallest absolute Gasteiger partial charge is 0.318 e. The van der Waals surface area contributed by atoms with Crippen LogP contribution in [-0.2, 0) is 9.53 Å². The van der Waals surface area contributed by atoms with Gasteiger partial charge in [0.05, 0.1) is 23.6 Å². The number of hydrogen-bond acceptors (Lipinski definition) is 7. The van der Waals surface area contributed by atoms with E-state index in [2.05, 4.69) is 0 Å². The van der Waals surface area contributed by atoms with E-state index in [4.69, 9.17) is 10.5 Å². The van der Waals surface area contributed by atoms with Gasteiger partial charge in [0.1, 0.15) is 11.7 Å². The Hall–Kier alpha value is -3.78. The Morgan fingerprint density at radius 3 is 2.21 bits per heavy atom. The summed E-state index contributed by atoms with van der Waals surface area (Å²) in [6.07, 6.45) is 0. The van der Waals surface area contributed by atoms with Gasteiger partial charge in [0.25, 0.3) is 5.69 Å². The third-order valence-electron chi connectivity index (χ3n) is 4.71. The standard InChI is InChI=1S/C21H18N2O6/c1-29-21(26)18(19(22)12-6-8-15(9-7-12)23(27)28)20(25)16-10-13-4-2-3-5-14(13)11-17(16)24/h2-11,18-19,24H,22H2,1H3. The van der Waals surface area contributed by atoms with Crippen molar-refractivity contribution in [3.8, 4) is 5.75 Å². The Balaban J connectivity index is 2.02. The molecule has 3 aromatic rings. The molecule has 148 valence electrons. The summed E-state index contributed by atoms with van der Waals surface area (Å²) in [5, 5.41) is 22.6. The number of ether oxygens (including phenoxy) is 1. The Bertz CT molecular complexity index is 1090. The summed E-state index contributed by atoms with van der Waals surface area (Å²) < 4.78 is 4.76. The number of carbonyl (C=O) groups is 2. The van der Waals surface area contributed by atoms with Crippen molar-refractivity contribution in [2.24, 2.45) is 11.7 Å². The molecule has 0 fully saturated rings. The number of nitro groups is 1. The first kappa shape index (κ1) is 20.0. The number of ketones is 1.